The Balaban J connectivity index is 2.23. The number of rotatable bonds is 3. The Kier molecular flexibility index (Phi) is 4.10. The maximum absolute atomic E-state index is 12.2. The molecule has 1 amide bonds. The van der Waals surface area contributed by atoms with E-state index >= 15 is 0 Å². The second-order valence-electron chi connectivity index (χ2n) is 4.81. The van der Waals surface area contributed by atoms with Crippen molar-refractivity contribution in [2.75, 3.05) is 11.9 Å². The van der Waals surface area contributed by atoms with Gasteiger partial charge in [0, 0.05) is 3.57 Å². The molecule has 0 bridgehead atoms. The summed E-state index contributed by atoms with van der Waals surface area (Å²) in [5, 5.41) is 15.0. The zero-order valence-electron chi connectivity index (χ0n) is 10.5. The highest BCUT2D eigenvalue weighted by atomic mass is 127. The lowest BCUT2D eigenvalue weighted by Gasteiger charge is -2.23. The van der Waals surface area contributed by atoms with Gasteiger partial charge in [0.25, 0.3) is 0 Å². The van der Waals surface area contributed by atoms with Crippen LogP contribution in [0.3, 0.4) is 0 Å². The van der Waals surface area contributed by atoms with Crippen molar-refractivity contribution in [1.29, 1.82) is 0 Å². The lowest BCUT2D eigenvalue weighted by atomic mass is 9.99. The van der Waals surface area contributed by atoms with Crippen LogP contribution < -0.4 is 10.6 Å². The second-order valence-corrected chi connectivity index (χ2v) is 6.06. The Labute approximate surface area is 124 Å². The predicted octanol–water partition coefficient (Wildman–Crippen LogP) is 2.07. The fourth-order valence-corrected chi connectivity index (χ4v) is 2.64. The van der Waals surface area contributed by atoms with Gasteiger partial charge in [-0.05, 0) is 67.1 Å². The van der Waals surface area contributed by atoms with Crippen molar-refractivity contribution in [3.8, 4) is 0 Å². The summed E-state index contributed by atoms with van der Waals surface area (Å²) in [6.07, 6.45) is 1.70. The number of aromatic carboxylic acids is 1. The Bertz CT molecular complexity index is 525. The maximum Gasteiger partial charge on any atom is 0.337 e. The van der Waals surface area contributed by atoms with Crippen LogP contribution in [0.2, 0.25) is 0 Å². The number of carbonyl (C=O) groups is 2. The van der Waals surface area contributed by atoms with Crippen LogP contribution in [0.5, 0.6) is 0 Å². The zero-order valence-corrected chi connectivity index (χ0v) is 12.7. The molecule has 0 aliphatic carbocycles. The first-order valence-electron chi connectivity index (χ1n) is 6.02. The zero-order chi connectivity index (χ0) is 14.0. The Hall–Kier alpha value is -1.15. The third-order valence-electron chi connectivity index (χ3n) is 3.33. The minimum Gasteiger partial charge on any atom is -0.478 e. The van der Waals surface area contributed by atoms with Crippen LogP contribution in [0, 0.1) is 3.57 Å². The number of amides is 1. The molecule has 5 nitrogen and oxygen atoms in total. The fraction of sp³-hybridized carbons (Fsp3) is 0.385. The smallest absolute Gasteiger partial charge is 0.337 e. The van der Waals surface area contributed by atoms with E-state index in [1.165, 1.54) is 0 Å². The third kappa shape index (κ3) is 3.06. The minimum absolute atomic E-state index is 0.113. The molecule has 1 aromatic rings. The molecule has 6 heteroatoms. The third-order valence-corrected chi connectivity index (χ3v) is 4.00. The first kappa shape index (κ1) is 14.3. The van der Waals surface area contributed by atoms with Crippen molar-refractivity contribution in [3.63, 3.8) is 0 Å². The number of carboxylic acids is 1. The molecule has 102 valence electrons. The van der Waals surface area contributed by atoms with E-state index in [0.29, 0.717) is 5.69 Å². The molecule has 1 unspecified atom stereocenters. The van der Waals surface area contributed by atoms with Crippen molar-refractivity contribution in [1.82, 2.24) is 5.32 Å². The van der Waals surface area contributed by atoms with Gasteiger partial charge in [0.05, 0.1) is 16.8 Å². The van der Waals surface area contributed by atoms with Gasteiger partial charge in [-0.15, -0.1) is 0 Å². The number of hydrogen-bond acceptors (Lipinski definition) is 3. The molecule has 1 saturated heterocycles. The number of halogens is 1. The van der Waals surface area contributed by atoms with Gasteiger partial charge < -0.3 is 15.7 Å². The van der Waals surface area contributed by atoms with Crippen LogP contribution in [0.25, 0.3) is 0 Å². The molecule has 1 heterocycles. The molecule has 2 rings (SSSR count). The van der Waals surface area contributed by atoms with Crippen LogP contribution in [0.15, 0.2) is 18.2 Å². The van der Waals surface area contributed by atoms with E-state index in [4.69, 9.17) is 5.11 Å². The molecule has 0 radical (unpaired) electrons. The van der Waals surface area contributed by atoms with E-state index in [0.717, 1.165) is 23.0 Å². The molecule has 19 heavy (non-hydrogen) atoms. The summed E-state index contributed by atoms with van der Waals surface area (Å²) in [4.78, 5) is 23.4. The highest BCUT2D eigenvalue weighted by Gasteiger charge is 2.36. The predicted molar refractivity (Wildman–Crippen MR) is 80.4 cm³/mol. The fourth-order valence-electron chi connectivity index (χ4n) is 2.15. The molecule has 1 aliphatic rings. The van der Waals surface area contributed by atoms with E-state index in [1.807, 2.05) is 29.5 Å². The summed E-state index contributed by atoms with van der Waals surface area (Å²) in [5.41, 5.74) is -0.159. The Morgan fingerprint density at radius 2 is 2.21 bits per heavy atom. The summed E-state index contributed by atoms with van der Waals surface area (Å²) in [6.45, 7) is 2.64. The Morgan fingerprint density at radius 1 is 1.47 bits per heavy atom. The van der Waals surface area contributed by atoms with E-state index in [1.54, 1.807) is 18.2 Å². The number of benzene rings is 1. The van der Waals surface area contributed by atoms with E-state index in [2.05, 4.69) is 10.6 Å². The SMILES string of the molecule is CC1(C(=O)Nc2ccc(I)cc2C(=O)O)CCCN1. The summed E-state index contributed by atoms with van der Waals surface area (Å²) < 4.78 is 0.818. The molecular weight excluding hydrogens is 359 g/mol. The summed E-state index contributed by atoms with van der Waals surface area (Å²) in [5.74, 6) is -1.23. The molecule has 1 fully saturated rings. The first-order chi connectivity index (χ1) is 8.92. The van der Waals surface area contributed by atoms with Gasteiger partial charge in [0.15, 0.2) is 0 Å². The second kappa shape index (κ2) is 5.46. The van der Waals surface area contributed by atoms with E-state index in [-0.39, 0.29) is 11.5 Å². The van der Waals surface area contributed by atoms with Gasteiger partial charge in [0.1, 0.15) is 0 Å². The van der Waals surface area contributed by atoms with Crippen LogP contribution in [-0.2, 0) is 4.79 Å². The van der Waals surface area contributed by atoms with Gasteiger partial charge in [0.2, 0.25) is 5.91 Å². The molecule has 1 aliphatic heterocycles. The van der Waals surface area contributed by atoms with Gasteiger partial charge in [-0.3, -0.25) is 4.79 Å². The van der Waals surface area contributed by atoms with Crippen molar-refractivity contribution in [3.05, 3.63) is 27.3 Å². The number of carboxylic acid groups (broad SMARTS) is 1. The summed E-state index contributed by atoms with van der Waals surface area (Å²) in [6, 6.07) is 4.94. The standard InChI is InChI=1S/C13H15IN2O3/c1-13(5-2-6-15-13)12(19)16-10-4-3-8(14)7-9(10)11(17)18/h3-4,7,15H,2,5-6H2,1H3,(H,16,19)(H,17,18). The summed E-state index contributed by atoms with van der Waals surface area (Å²) in [7, 11) is 0. The molecule has 0 aromatic heterocycles. The lowest BCUT2D eigenvalue weighted by molar-refractivity contribution is -0.121. The van der Waals surface area contributed by atoms with Crippen molar-refractivity contribution in [2.24, 2.45) is 0 Å². The number of nitrogens with one attached hydrogen (secondary N) is 2. The highest BCUT2D eigenvalue weighted by molar-refractivity contribution is 14.1. The monoisotopic (exact) mass is 374 g/mol. The van der Waals surface area contributed by atoms with Gasteiger partial charge in [-0.25, -0.2) is 4.79 Å². The summed E-state index contributed by atoms with van der Waals surface area (Å²) >= 11 is 2.04. The van der Waals surface area contributed by atoms with Crippen LogP contribution in [-0.4, -0.2) is 29.1 Å². The van der Waals surface area contributed by atoms with Gasteiger partial charge >= 0.3 is 5.97 Å². The first-order valence-corrected chi connectivity index (χ1v) is 7.09. The van der Waals surface area contributed by atoms with Gasteiger partial charge in [-0.1, -0.05) is 0 Å². The normalized spacial score (nSPS) is 22.2. The highest BCUT2D eigenvalue weighted by Crippen LogP contribution is 2.23. The number of hydrogen-bond donors (Lipinski definition) is 3. The van der Waals surface area contributed by atoms with Gasteiger partial charge in [-0.2, -0.15) is 0 Å². The maximum atomic E-state index is 12.2. The number of carbonyl (C=O) groups excluding carboxylic acids is 1. The van der Waals surface area contributed by atoms with E-state index in [9.17, 15) is 9.59 Å². The topological polar surface area (TPSA) is 78.4 Å². The lowest BCUT2D eigenvalue weighted by Crippen LogP contribution is -2.48. The van der Waals surface area contributed by atoms with Crippen molar-refractivity contribution < 1.29 is 14.7 Å². The minimum atomic E-state index is -1.04. The van der Waals surface area contributed by atoms with Crippen LogP contribution >= 0.6 is 22.6 Å². The van der Waals surface area contributed by atoms with Crippen molar-refractivity contribution in [2.45, 2.75) is 25.3 Å². The Morgan fingerprint density at radius 3 is 2.79 bits per heavy atom. The molecule has 3 N–H and O–H groups in total. The number of anilines is 1. The van der Waals surface area contributed by atoms with Crippen LogP contribution in [0.4, 0.5) is 5.69 Å². The molecular formula is C13H15IN2O3. The molecule has 1 aromatic carbocycles. The molecule has 0 spiro atoms. The largest absolute Gasteiger partial charge is 0.478 e. The van der Waals surface area contributed by atoms with E-state index < -0.39 is 11.5 Å². The quantitative estimate of drug-likeness (QED) is 0.708. The van der Waals surface area contributed by atoms with Crippen molar-refractivity contribution >= 4 is 40.2 Å². The molecule has 1 atom stereocenters. The molecule has 0 saturated carbocycles. The average Bonchev–Trinajstić information content (AvgIpc) is 2.79. The average molecular weight is 374 g/mol. The van der Waals surface area contributed by atoms with Crippen LogP contribution in [0.1, 0.15) is 30.1 Å².